The number of nitrogens with one attached hydrogen (secondary N) is 1. The Kier molecular flexibility index (Phi) is 5.52. The van der Waals surface area contributed by atoms with Crippen LogP contribution in [0.15, 0.2) is 53.0 Å². The average molecular weight is 358 g/mol. The van der Waals surface area contributed by atoms with Gasteiger partial charge in [0, 0.05) is 15.7 Å². The van der Waals surface area contributed by atoms with Gasteiger partial charge in [0.25, 0.3) is 0 Å². The first kappa shape index (κ1) is 15.7. The van der Waals surface area contributed by atoms with Crippen LogP contribution in [-0.2, 0) is 0 Å². The van der Waals surface area contributed by atoms with Crippen molar-refractivity contribution in [1.82, 2.24) is 0 Å². The molecule has 0 aliphatic heterocycles. The summed E-state index contributed by atoms with van der Waals surface area (Å²) in [6, 6.07) is 13.2. The van der Waals surface area contributed by atoms with Crippen LogP contribution in [0.2, 0.25) is 0 Å². The van der Waals surface area contributed by atoms with Gasteiger partial charge in [-0.15, -0.1) is 0 Å². The van der Waals surface area contributed by atoms with Crippen molar-refractivity contribution >= 4 is 21.6 Å². The normalized spacial score (nSPS) is 12.2. The van der Waals surface area contributed by atoms with Crippen molar-refractivity contribution in [1.29, 1.82) is 0 Å². The zero-order chi connectivity index (χ0) is 15.2. The number of para-hydroxylation sites is 1. The molecule has 2 rings (SSSR count). The summed E-state index contributed by atoms with van der Waals surface area (Å²) in [6.07, 6.45) is 0. The summed E-state index contributed by atoms with van der Waals surface area (Å²) in [5, 5.41) is 12.6. The second-order valence-electron chi connectivity index (χ2n) is 4.31. The Morgan fingerprint density at radius 2 is 1.90 bits per heavy atom. The molecule has 0 aliphatic rings. The maximum absolute atomic E-state index is 12.4. The van der Waals surface area contributed by atoms with Crippen LogP contribution in [0.4, 0.5) is 14.5 Å². The molecule has 6 heteroatoms. The lowest BCUT2D eigenvalue weighted by Gasteiger charge is -2.21. The van der Waals surface area contributed by atoms with Gasteiger partial charge >= 0.3 is 6.61 Å². The number of rotatable bonds is 6. The van der Waals surface area contributed by atoms with E-state index in [0.717, 1.165) is 10.2 Å². The quantitative estimate of drug-likeness (QED) is 0.814. The Labute approximate surface area is 129 Å². The van der Waals surface area contributed by atoms with E-state index in [-0.39, 0.29) is 12.4 Å². The summed E-state index contributed by atoms with van der Waals surface area (Å²) in [7, 11) is 0. The number of hydrogen-bond donors (Lipinski definition) is 2. The van der Waals surface area contributed by atoms with Crippen LogP contribution in [0.5, 0.6) is 5.75 Å². The third kappa shape index (κ3) is 4.41. The van der Waals surface area contributed by atoms with Gasteiger partial charge in [-0.2, -0.15) is 8.78 Å². The Morgan fingerprint density at radius 3 is 2.57 bits per heavy atom. The van der Waals surface area contributed by atoms with E-state index in [1.54, 1.807) is 18.2 Å². The molecule has 2 aromatic carbocycles. The van der Waals surface area contributed by atoms with E-state index in [4.69, 9.17) is 0 Å². The average Bonchev–Trinajstić information content (AvgIpc) is 2.45. The van der Waals surface area contributed by atoms with Crippen molar-refractivity contribution in [3.8, 4) is 5.75 Å². The van der Waals surface area contributed by atoms with E-state index in [2.05, 4.69) is 26.0 Å². The fourth-order valence-corrected chi connectivity index (χ4v) is 2.37. The summed E-state index contributed by atoms with van der Waals surface area (Å²) in [5.41, 5.74) is 1.23. The molecule has 0 radical (unpaired) electrons. The third-order valence-corrected chi connectivity index (χ3v) is 3.35. The predicted octanol–water partition coefficient (Wildman–Crippen LogP) is 4.20. The van der Waals surface area contributed by atoms with Gasteiger partial charge in [-0.05, 0) is 24.3 Å². The fourth-order valence-electron chi connectivity index (χ4n) is 1.97. The number of alkyl halides is 2. The van der Waals surface area contributed by atoms with Crippen molar-refractivity contribution in [3.63, 3.8) is 0 Å². The lowest BCUT2D eigenvalue weighted by atomic mass is 10.1. The molecule has 0 aromatic heterocycles. The highest BCUT2D eigenvalue weighted by atomic mass is 79.9. The molecule has 0 bridgehead atoms. The zero-order valence-electron chi connectivity index (χ0n) is 11.0. The predicted molar refractivity (Wildman–Crippen MR) is 80.7 cm³/mol. The van der Waals surface area contributed by atoms with Crippen molar-refractivity contribution in [2.24, 2.45) is 0 Å². The van der Waals surface area contributed by atoms with E-state index < -0.39 is 12.7 Å². The molecule has 2 aromatic rings. The van der Waals surface area contributed by atoms with E-state index in [0.29, 0.717) is 5.56 Å². The standard InChI is InChI=1S/C15H14BrF2NO2/c16-10-4-3-5-11(8-10)19-13(9-20)12-6-1-2-7-14(12)21-15(17)18/h1-8,13,15,19-20H,9H2. The van der Waals surface area contributed by atoms with Crippen molar-refractivity contribution in [2.45, 2.75) is 12.7 Å². The van der Waals surface area contributed by atoms with Crippen molar-refractivity contribution in [2.75, 3.05) is 11.9 Å². The molecule has 3 nitrogen and oxygen atoms in total. The molecule has 0 aliphatic carbocycles. The van der Waals surface area contributed by atoms with E-state index in [1.807, 2.05) is 24.3 Å². The highest BCUT2D eigenvalue weighted by molar-refractivity contribution is 9.10. The van der Waals surface area contributed by atoms with Gasteiger partial charge in [0.2, 0.25) is 0 Å². The van der Waals surface area contributed by atoms with Crippen LogP contribution in [0, 0.1) is 0 Å². The van der Waals surface area contributed by atoms with Gasteiger partial charge in [-0.25, -0.2) is 0 Å². The van der Waals surface area contributed by atoms with Crippen molar-refractivity contribution in [3.05, 3.63) is 58.6 Å². The van der Waals surface area contributed by atoms with Crippen LogP contribution < -0.4 is 10.1 Å². The second kappa shape index (κ2) is 7.38. The molecular weight excluding hydrogens is 344 g/mol. The van der Waals surface area contributed by atoms with Crippen molar-refractivity contribution < 1.29 is 18.6 Å². The summed E-state index contributed by atoms with van der Waals surface area (Å²) < 4.78 is 30.2. The van der Waals surface area contributed by atoms with Crippen LogP contribution in [-0.4, -0.2) is 18.3 Å². The van der Waals surface area contributed by atoms with Crippen LogP contribution in [0.3, 0.4) is 0 Å². The van der Waals surface area contributed by atoms with E-state index >= 15 is 0 Å². The number of aliphatic hydroxyl groups excluding tert-OH is 1. The molecule has 0 saturated carbocycles. The number of benzene rings is 2. The molecule has 0 fully saturated rings. The Balaban J connectivity index is 2.25. The highest BCUT2D eigenvalue weighted by Crippen LogP contribution is 2.29. The van der Waals surface area contributed by atoms with Crippen LogP contribution in [0.25, 0.3) is 0 Å². The number of aliphatic hydroxyl groups is 1. The largest absolute Gasteiger partial charge is 0.434 e. The summed E-state index contributed by atoms with van der Waals surface area (Å²) in [6.45, 7) is -3.16. The Hall–Kier alpha value is -1.66. The Bertz CT molecular complexity index is 595. The molecule has 0 amide bonds. The van der Waals surface area contributed by atoms with Gasteiger partial charge in [0.05, 0.1) is 12.6 Å². The number of anilines is 1. The van der Waals surface area contributed by atoms with Gasteiger partial charge < -0.3 is 15.2 Å². The van der Waals surface area contributed by atoms with Gasteiger partial charge in [-0.1, -0.05) is 40.2 Å². The molecular formula is C15H14BrF2NO2. The molecule has 2 N–H and O–H groups in total. The monoisotopic (exact) mass is 357 g/mol. The highest BCUT2D eigenvalue weighted by Gasteiger charge is 2.17. The molecule has 1 unspecified atom stereocenters. The topological polar surface area (TPSA) is 41.5 Å². The minimum atomic E-state index is -2.91. The first-order chi connectivity index (χ1) is 10.1. The second-order valence-corrected chi connectivity index (χ2v) is 5.22. The molecule has 0 saturated heterocycles. The number of hydrogen-bond acceptors (Lipinski definition) is 3. The lowest BCUT2D eigenvalue weighted by molar-refractivity contribution is -0.0507. The molecule has 112 valence electrons. The fraction of sp³-hybridized carbons (Fsp3) is 0.200. The van der Waals surface area contributed by atoms with Gasteiger partial charge in [0.1, 0.15) is 5.75 Å². The zero-order valence-corrected chi connectivity index (χ0v) is 12.6. The third-order valence-electron chi connectivity index (χ3n) is 2.86. The van der Waals surface area contributed by atoms with E-state index in [1.165, 1.54) is 6.07 Å². The smallest absolute Gasteiger partial charge is 0.387 e. The summed E-state index contributed by atoms with van der Waals surface area (Å²) >= 11 is 3.35. The van der Waals surface area contributed by atoms with E-state index in [9.17, 15) is 13.9 Å². The number of ether oxygens (including phenoxy) is 1. The first-order valence-corrected chi connectivity index (χ1v) is 7.06. The maximum atomic E-state index is 12.4. The molecule has 1 atom stereocenters. The van der Waals surface area contributed by atoms with Gasteiger partial charge in [-0.3, -0.25) is 0 Å². The molecule has 0 spiro atoms. The maximum Gasteiger partial charge on any atom is 0.387 e. The number of halogens is 3. The lowest BCUT2D eigenvalue weighted by Crippen LogP contribution is -2.17. The van der Waals surface area contributed by atoms with Gasteiger partial charge in [0.15, 0.2) is 0 Å². The van der Waals surface area contributed by atoms with Crippen LogP contribution in [0.1, 0.15) is 11.6 Å². The molecule has 0 heterocycles. The summed E-state index contributed by atoms with van der Waals surface area (Å²) in [4.78, 5) is 0. The SMILES string of the molecule is OCC(Nc1cccc(Br)c1)c1ccccc1OC(F)F. The first-order valence-electron chi connectivity index (χ1n) is 6.27. The Morgan fingerprint density at radius 1 is 1.14 bits per heavy atom. The summed E-state index contributed by atoms with van der Waals surface area (Å²) in [5.74, 6) is 0.0500. The minimum Gasteiger partial charge on any atom is -0.434 e. The van der Waals surface area contributed by atoms with Crippen LogP contribution >= 0.6 is 15.9 Å². The minimum absolute atomic E-state index is 0.0500. The molecule has 21 heavy (non-hydrogen) atoms.